The van der Waals surface area contributed by atoms with Gasteiger partial charge in [0.15, 0.2) is 0 Å². The topological polar surface area (TPSA) is 26.0 Å². The van der Waals surface area contributed by atoms with Gasteiger partial charge in [-0.2, -0.15) is 0 Å². The maximum atomic E-state index is 5.74. The first-order valence-electron chi connectivity index (χ1n) is 4.58. The summed E-state index contributed by atoms with van der Waals surface area (Å²) in [4.78, 5) is 0. The summed E-state index contributed by atoms with van der Waals surface area (Å²) in [6, 6.07) is 8.73. The van der Waals surface area contributed by atoms with Crippen LogP contribution in [-0.2, 0) is 6.42 Å². The van der Waals surface area contributed by atoms with Crippen molar-refractivity contribution in [1.82, 2.24) is 0 Å². The Labute approximate surface area is 74.6 Å². The third-order valence-electron chi connectivity index (χ3n) is 2.04. The number of aryl methyl sites for hydroxylation is 1. The molecule has 1 aromatic carbocycles. The Bertz CT molecular complexity index is 223. The average Bonchev–Trinajstić information content (AvgIpc) is 2.06. The minimum Gasteiger partial charge on any atom is -0.324 e. The van der Waals surface area contributed by atoms with Crippen LogP contribution in [0.4, 0.5) is 0 Å². The molecule has 0 radical (unpaired) electrons. The zero-order valence-electron chi connectivity index (χ0n) is 7.88. The summed E-state index contributed by atoms with van der Waals surface area (Å²) in [6.07, 6.45) is 2.37. The number of hydrogen-bond donors (Lipinski definition) is 1. The van der Waals surface area contributed by atoms with Gasteiger partial charge in [-0.05, 0) is 24.5 Å². The van der Waals surface area contributed by atoms with Crippen LogP contribution < -0.4 is 5.73 Å². The van der Waals surface area contributed by atoms with Crippen molar-refractivity contribution in [2.45, 2.75) is 32.7 Å². The van der Waals surface area contributed by atoms with Crippen LogP contribution in [0.2, 0.25) is 0 Å². The minimum atomic E-state index is 0.153. The molecule has 0 aliphatic rings. The van der Waals surface area contributed by atoms with E-state index >= 15 is 0 Å². The monoisotopic (exact) mass is 163 g/mol. The molecule has 0 heterocycles. The molecule has 1 heteroatoms. The van der Waals surface area contributed by atoms with E-state index in [-0.39, 0.29) is 6.04 Å². The zero-order valence-corrected chi connectivity index (χ0v) is 7.88. The highest BCUT2D eigenvalue weighted by atomic mass is 14.6. The van der Waals surface area contributed by atoms with Gasteiger partial charge in [0.25, 0.3) is 0 Å². The molecule has 0 spiro atoms. The Kier molecular flexibility index (Phi) is 3.30. The van der Waals surface area contributed by atoms with E-state index < -0.39 is 0 Å². The van der Waals surface area contributed by atoms with Gasteiger partial charge in [0, 0.05) is 6.04 Å². The van der Waals surface area contributed by atoms with Crippen molar-refractivity contribution in [2.24, 2.45) is 5.73 Å². The standard InChI is InChI=1S/C11H17N/c1-3-4-10-5-7-11(8-6-10)9(2)12/h5-9H,3-4,12H2,1-2H3/t9-/m0/s1. The Morgan fingerprint density at radius 2 is 1.83 bits per heavy atom. The van der Waals surface area contributed by atoms with Gasteiger partial charge < -0.3 is 5.73 Å². The highest BCUT2D eigenvalue weighted by Crippen LogP contribution is 2.11. The van der Waals surface area contributed by atoms with Crippen molar-refractivity contribution in [3.05, 3.63) is 35.4 Å². The van der Waals surface area contributed by atoms with Gasteiger partial charge in [-0.25, -0.2) is 0 Å². The second kappa shape index (κ2) is 4.27. The Morgan fingerprint density at radius 3 is 2.25 bits per heavy atom. The molecule has 0 saturated carbocycles. The van der Waals surface area contributed by atoms with Crippen LogP contribution in [0.25, 0.3) is 0 Å². The fourth-order valence-electron chi connectivity index (χ4n) is 1.28. The summed E-state index contributed by atoms with van der Waals surface area (Å²) >= 11 is 0. The predicted octanol–water partition coefficient (Wildman–Crippen LogP) is 2.66. The molecule has 12 heavy (non-hydrogen) atoms. The van der Waals surface area contributed by atoms with Gasteiger partial charge in [0.1, 0.15) is 0 Å². The van der Waals surface area contributed by atoms with Crippen molar-refractivity contribution in [2.75, 3.05) is 0 Å². The number of hydrogen-bond acceptors (Lipinski definition) is 1. The van der Waals surface area contributed by atoms with Gasteiger partial charge in [-0.15, -0.1) is 0 Å². The lowest BCUT2D eigenvalue weighted by Gasteiger charge is -2.05. The van der Waals surface area contributed by atoms with Gasteiger partial charge in [-0.3, -0.25) is 0 Å². The van der Waals surface area contributed by atoms with Crippen LogP contribution in [0.5, 0.6) is 0 Å². The third kappa shape index (κ3) is 2.35. The van der Waals surface area contributed by atoms with Crippen molar-refractivity contribution in [3.63, 3.8) is 0 Å². The van der Waals surface area contributed by atoms with E-state index in [0.717, 1.165) is 0 Å². The highest BCUT2D eigenvalue weighted by molar-refractivity contribution is 5.24. The van der Waals surface area contributed by atoms with E-state index in [4.69, 9.17) is 5.73 Å². The fourth-order valence-corrected chi connectivity index (χ4v) is 1.28. The molecule has 0 fully saturated rings. The van der Waals surface area contributed by atoms with Crippen LogP contribution in [0.15, 0.2) is 24.3 Å². The Morgan fingerprint density at radius 1 is 1.25 bits per heavy atom. The Hall–Kier alpha value is -0.820. The van der Waals surface area contributed by atoms with Crippen LogP contribution in [0.1, 0.15) is 37.4 Å². The first kappa shape index (κ1) is 9.27. The number of rotatable bonds is 3. The van der Waals surface area contributed by atoms with Crippen molar-refractivity contribution in [3.8, 4) is 0 Å². The molecule has 0 saturated heterocycles. The molecule has 66 valence electrons. The molecule has 0 unspecified atom stereocenters. The van der Waals surface area contributed by atoms with E-state index in [0.29, 0.717) is 0 Å². The van der Waals surface area contributed by atoms with E-state index in [1.165, 1.54) is 24.0 Å². The fraction of sp³-hybridized carbons (Fsp3) is 0.455. The van der Waals surface area contributed by atoms with E-state index in [1.54, 1.807) is 0 Å². The number of nitrogens with two attached hydrogens (primary N) is 1. The highest BCUT2D eigenvalue weighted by Gasteiger charge is 1.97. The normalized spacial score (nSPS) is 12.9. The van der Waals surface area contributed by atoms with Crippen molar-refractivity contribution < 1.29 is 0 Å². The largest absolute Gasteiger partial charge is 0.324 e. The van der Waals surface area contributed by atoms with Gasteiger partial charge >= 0.3 is 0 Å². The van der Waals surface area contributed by atoms with Crippen molar-refractivity contribution >= 4 is 0 Å². The predicted molar refractivity (Wildman–Crippen MR) is 53.0 cm³/mol. The summed E-state index contributed by atoms with van der Waals surface area (Å²) in [6.45, 7) is 4.20. The average molecular weight is 163 g/mol. The number of benzene rings is 1. The molecule has 1 rings (SSSR count). The molecule has 0 aliphatic heterocycles. The quantitative estimate of drug-likeness (QED) is 0.728. The van der Waals surface area contributed by atoms with E-state index in [1.807, 2.05) is 6.92 Å². The van der Waals surface area contributed by atoms with Crippen LogP contribution in [0, 0.1) is 0 Å². The molecule has 1 aromatic rings. The van der Waals surface area contributed by atoms with Gasteiger partial charge in [-0.1, -0.05) is 37.6 Å². The van der Waals surface area contributed by atoms with Crippen LogP contribution in [0.3, 0.4) is 0 Å². The smallest absolute Gasteiger partial charge is 0.0266 e. The molecule has 0 bridgehead atoms. The lowest BCUT2D eigenvalue weighted by Crippen LogP contribution is -2.04. The molecule has 0 aromatic heterocycles. The van der Waals surface area contributed by atoms with Crippen molar-refractivity contribution in [1.29, 1.82) is 0 Å². The van der Waals surface area contributed by atoms with E-state index in [9.17, 15) is 0 Å². The SMILES string of the molecule is CCCc1ccc([C@H](C)N)cc1. The van der Waals surface area contributed by atoms with E-state index in [2.05, 4.69) is 31.2 Å². The molecule has 0 aliphatic carbocycles. The lowest BCUT2D eigenvalue weighted by molar-refractivity contribution is 0.815. The summed E-state index contributed by atoms with van der Waals surface area (Å²) in [5, 5.41) is 0. The van der Waals surface area contributed by atoms with Gasteiger partial charge in [0.05, 0.1) is 0 Å². The second-order valence-corrected chi connectivity index (χ2v) is 3.28. The molecular weight excluding hydrogens is 146 g/mol. The first-order chi connectivity index (χ1) is 5.74. The maximum absolute atomic E-state index is 5.74. The van der Waals surface area contributed by atoms with Crippen LogP contribution in [-0.4, -0.2) is 0 Å². The second-order valence-electron chi connectivity index (χ2n) is 3.28. The van der Waals surface area contributed by atoms with Crippen LogP contribution >= 0.6 is 0 Å². The summed E-state index contributed by atoms with van der Waals surface area (Å²) in [5.74, 6) is 0. The molecule has 0 amide bonds. The summed E-state index contributed by atoms with van der Waals surface area (Å²) in [5.41, 5.74) is 8.36. The van der Waals surface area contributed by atoms with Gasteiger partial charge in [0.2, 0.25) is 0 Å². The maximum Gasteiger partial charge on any atom is 0.0266 e. The zero-order chi connectivity index (χ0) is 8.97. The summed E-state index contributed by atoms with van der Waals surface area (Å²) in [7, 11) is 0. The molecule has 1 atom stereocenters. The molecule has 1 nitrogen and oxygen atoms in total. The first-order valence-corrected chi connectivity index (χ1v) is 4.58. The lowest BCUT2D eigenvalue weighted by atomic mass is 10.0. The minimum absolute atomic E-state index is 0.153. The third-order valence-corrected chi connectivity index (χ3v) is 2.04. The Balaban J connectivity index is 2.71. The molecule has 2 N–H and O–H groups in total. The summed E-state index contributed by atoms with van der Waals surface area (Å²) < 4.78 is 0. The molecular formula is C11H17N.